The number of piperazine rings is 1. The van der Waals surface area contributed by atoms with Crippen molar-refractivity contribution >= 4 is 5.82 Å². The molecule has 0 aromatic carbocycles. The smallest absolute Gasteiger partial charge is 0.165 e. The third-order valence-corrected chi connectivity index (χ3v) is 2.91. The van der Waals surface area contributed by atoms with Crippen LogP contribution in [-0.4, -0.2) is 49.2 Å². The topological polar surface area (TPSA) is 40.2 Å². The number of hydrogen-bond acceptors (Lipinski definition) is 4. The molecule has 0 radical (unpaired) electrons. The van der Waals surface area contributed by atoms with E-state index in [0.29, 0.717) is 5.82 Å². The molecule has 1 aliphatic heterocycles. The second kappa shape index (κ2) is 6.51. The molecule has 1 aromatic rings. The molecule has 2 rings (SSSR count). The molecule has 5 heteroatoms. The maximum atomic E-state index is 13.2. The van der Waals surface area contributed by atoms with Gasteiger partial charge in [0.15, 0.2) is 11.6 Å². The van der Waals surface area contributed by atoms with Crippen LogP contribution in [0.3, 0.4) is 0 Å². The monoisotopic (exact) mass is 238 g/mol. The minimum Gasteiger partial charge on any atom is -0.368 e. The number of anilines is 1. The van der Waals surface area contributed by atoms with Crippen molar-refractivity contribution in [3.8, 4) is 0 Å². The fourth-order valence-corrected chi connectivity index (χ4v) is 1.96. The summed E-state index contributed by atoms with van der Waals surface area (Å²) < 4.78 is 13.2. The zero-order valence-corrected chi connectivity index (χ0v) is 9.95. The van der Waals surface area contributed by atoms with Gasteiger partial charge in [-0.2, -0.15) is 0 Å². The zero-order valence-electron chi connectivity index (χ0n) is 9.95. The average molecular weight is 238 g/mol. The molecule has 0 amide bonds. The minimum atomic E-state index is -0.283. The van der Waals surface area contributed by atoms with Crippen molar-refractivity contribution in [1.29, 1.82) is 0 Å². The van der Waals surface area contributed by atoms with Gasteiger partial charge in [-0.25, -0.2) is 9.37 Å². The van der Waals surface area contributed by atoms with Gasteiger partial charge in [-0.05, 0) is 25.1 Å². The molecular formula is C12H19FN4. The van der Waals surface area contributed by atoms with Crippen molar-refractivity contribution in [2.24, 2.45) is 0 Å². The Morgan fingerprint density at radius 2 is 2.24 bits per heavy atom. The van der Waals surface area contributed by atoms with E-state index in [2.05, 4.69) is 20.5 Å². The van der Waals surface area contributed by atoms with Gasteiger partial charge in [0.25, 0.3) is 0 Å². The van der Waals surface area contributed by atoms with Crippen LogP contribution in [-0.2, 0) is 0 Å². The summed E-state index contributed by atoms with van der Waals surface area (Å²) in [4.78, 5) is 6.38. The molecule has 17 heavy (non-hydrogen) atoms. The predicted octanol–water partition coefficient (Wildman–Crippen LogP) is 0.928. The third kappa shape index (κ3) is 3.94. The Balaban J connectivity index is 1.64. The average Bonchev–Trinajstić information content (AvgIpc) is 2.38. The summed E-state index contributed by atoms with van der Waals surface area (Å²) in [5.74, 6) is 0.0717. The van der Waals surface area contributed by atoms with Crippen molar-refractivity contribution in [2.45, 2.75) is 6.42 Å². The highest BCUT2D eigenvalue weighted by Crippen LogP contribution is 2.08. The van der Waals surface area contributed by atoms with Crippen LogP contribution in [0.1, 0.15) is 6.42 Å². The van der Waals surface area contributed by atoms with E-state index in [-0.39, 0.29) is 5.82 Å². The molecule has 1 aromatic heterocycles. The molecular weight excluding hydrogens is 219 g/mol. The van der Waals surface area contributed by atoms with Gasteiger partial charge >= 0.3 is 0 Å². The van der Waals surface area contributed by atoms with Crippen LogP contribution < -0.4 is 10.6 Å². The van der Waals surface area contributed by atoms with Gasteiger partial charge in [0, 0.05) is 38.9 Å². The molecule has 0 aliphatic carbocycles. The van der Waals surface area contributed by atoms with E-state index in [1.807, 2.05) is 0 Å². The van der Waals surface area contributed by atoms with Crippen molar-refractivity contribution in [3.05, 3.63) is 24.1 Å². The van der Waals surface area contributed by atoms with Crippen LogP contribution in [0.4, 0.5) is 10.2 Å². The normalized spacial score (nSPS) is 17.0. The molecule has 94 valence electrons. The molecule has 0 bridgehead atoms. The SMILES string of the molecule is Fc1cccnc1NCCCN1CCNCC1. The number of rotatable bonds is 5. The van der Waals surface area contributed by atoms with E-state index < -0.39 is 0 Å². The maximum absolute atomic E-state index is 13.2. The highest BCUT2D eigenvalue weighted by atomic mass is 19.1. The van der Waals surface area contributed by atoms with Crippen molar-refractivity contribution < 1.29 is 4.39 Å². The van der Waals surface area contributed by atoms with Crippen LogP contribution in [0.5, 0.6) is 0 Å². The second-order valence-corrected chi connectivity index (χ2v) is 4.21. The Kier molecular flexibility index (Phi) is 4.70. The minimum absolute atomic E-state index is 0.283. The highest BCUT2D eigenvalue weighted by Gasteiger charge is 2.08. The largest absolute Gasteiger partial charge is 0.368 e. The molecule has 1 aliphatic rings. The molecule has 1 fully saturated rings. The van der Waals surface area contributed by atoms with E-state index >= 15 is 0 Å². The van der Waals surface area contributed by atoms with Crippen LogP contribution >= 0.6 is 0 Å². The van der Waals surface area contributed by atoms with Gasteiger partial charge in [0.2, 0.25) is 0 Å². The van der Waals surface area contributed by atoms with Gasteiger partial charge in [-0.15, -0.1) is 0 Å². The predicted molar refractivity (Wildman–Crippen MR) is 66.6 cm³/mol. The van der Waals surface area contributed by atoms with Gasteiger partial charge in [-0.1, -0.05) is 0 Å². The molecule has 0 unspecified atom stereocenters. The first kappa shape index (κ1) is 12.3. The summed E-state index contributed by atoms with van der Waals surface area (Å²) >= 11 is 0. The Bertz CT molecular complexity index is 339. The van der Waals surface area contributed by atoms with Crippen molar-refractivity contribution in [1.82, 2.24) is 15.2 Å². The fourth-order valence-electron chi connectivity index (χ4n) is 1.96. The summed E-state index contributed by atoms with van der Waals surface area (Å²) in [7, 11) is 0. The molecule has 0 saturated carbocycles. The van der Waals surface area contributed by atoms with E-state index in [1.54, 1.807) is 12.3 Å². The lowest BCUT2D eigenvalue weighted by Gasteiger charge is -2.27. The molecule has 2 N–H and O–H groups in total. The second-order valence-electron chi connectivity index (χ2n) is 4.21. The fraction of sp³-hybridized carbons (Fsp3) is 0.583. The van der Waals surface area contributed by atoms with Crippen LogP contribution in [0.25, 0.3) is 0 Å². The molecule has 0 spiro atoms. The molecule has 1 saturated heterocycles. The van der Waals surface area contributed by atoms with E-state index in [9.17, 15) is 4.39 Å². The first-order valence-corrected chi connectivity index (χ1v) is 6.14. The quantitative estimate of drug-likeness (QED) is 0.749. The first-order chi connectivity index (χ1) is 8.36. The number of halogens is 1. The zero-order chi connectivity index (χ0) is 11.9. The summed E-state index contributed by atoms with van der Waals surface area (Å²) in [6.07, 6.45) is 2.61. The highest BCUT2D eigenvalue weighted by molar-refractivity contribution is 5.35. The summed E-state index contributed by atoms with van der Waals surface area (Å²) in [5, 5.41) is 6.35. The summed E-state index contributed by atoms with van der Waals surface area (Å²) in [6.45, 7) is 6.18. The first-order valence-electron chi connectivity index (χ1n) is 6.14. The Morgan fingerprint density at radius 1 is 1.41 bits per heavy atom. The lowest BCUT2D eigenvalue weighted by Crippen LogP contribution is -2.44. The number of nitrogens with zero attached hydrogens (tertiary/aromatic N) is 2. The lowest BCUT2D eigenvalue weighted by molar-refractivity contribution is 0.240. The summed E-state index contributed by atoms with van der Waals surface area (Å²) in [5.41, 5.74) is 0. The standard InChI is InChI=1S/C12H19FN4/c13-11-3-1-4-15-12(11)16-5-2-8-17-9-6-14-7-10-17/h1,3-4,14H,2,5-10H2,(H,15,16). The summed E-state index contributed by atoms with van der Waals surface area (Å²) in [6, 6.07) is 3.02. The van der Waals surface area contributed by atoms with Gasteiger partial charge < -0.3 is 15.5 Å². The third-order valence-electron chi connectivity index (χ3n) is 2.91. The number of hydrogen-bond donors (Lipinski definition) is 2. The lowest BCUT2D eigenvalue weighted by atomic mass is 10.3. The van der Waals surface area contributed by atoms with E-state index in [0.717, 1.165) is 45.7 Å². The molecule has 0 atom stereocenters. The van der Waals surface area contributed by atoms with Gasteiger partial charge in [-0.3, -0.25) is 0 Å². The van der Waals surface area contributed by atoms with E-state index in [4.69, 9.17) is 0 Å². The maximum Gasteiger partial charge on any atom is 0.165 e. The van der Waals surface area contributed by atoms with E-state index in [1.165, 1.54) is 6.07 Å². The number of nitrogens with one attached hydrogen (secondary N) is 2. The molecule has 4 nitrogen and oxygen atoms in total. The van der Waals surface area contributed by atoms with Crippen LogP contribution in [0, 0.1) is 5.82 Å². The van der Waals surface area contributed by atoms with Crippen molar-refractivity contribution in [2.75, 3.05) is 44.6 Å². The Hall–Kier alpha value is -1.20. The Morgan fingerprint density at radius 3 is 3.00 bits per heavy atom. The van der Waals surface area contributed by atoms with Crippen LogP contribution in [0.15, 0.2) is 18.3 Å². The van der Waals surface area contributed by atoms with Gasteiger partial charge in [0.1, 0.15) is 0 Å². The molecule has 2 heterocycles. The van der Waals surface area contributed by atoms with Gasteiger partial charge in [0.05, 0.1) is 0 Å². The van der Waals surface area contributed by atoms with Crippen molar-refractivity contribution in [3.63, 3.8) is 0 Å². The number of aromatic nitrogens is 1. The van der Waals surface area contributed by atoms with Crippen LogP contribution in [0.2, 0.25) is 0 Å². The number of pyridine rings is 1. The Labute approximate surface area is 101 Å².